The quantitative estimate of drug-likeness (QED) is 0.722. The second-order valence-corrected chi connectivity index (χ2v) is 8.72. The van der Waals surface area contributed by atoms with E-state index in [1.54, 1.807) is 0 Å². The molecule has 0 aromatic rings. The molecular formula is C19H35NO. The van der Waals surface area contributed by atoms with Gasteiger partial charge in [0.05, 0.1) is 6.61 Å². The summed E-state index contributed by atoms with van der Waals surface area (Å²) in [5.41, 5.74) is 0.570. The van der Waals surface area contributed by atoms with Crippen LogP contribution in [0.1, 0.15) is 65.7 Å². The van der Waals surface area contributed by atoms with Gasteiger partial charge in [-0.05, 0) is 80.6 Å². The van der Waals surface area contributed by atoms with E-state index in [2.05, 4.69) is 26.1 Å². The van der Waals surface area contributed by atoms with E-state index >= 15 is 0 Å². The Labute approximate surface area is 131 Å². The van der Waals surface area contributed by atoms with Gasteiger partial charge < -0.3 is 10.1 Å². The van der Waals surface area contributed by atoms with E-state index in [4.69, 9.17) is 4.74 Å². The molecule has 0 heterocycles. The zero-order chi connectivity index (χ0) is 14.9. The second kappa shape index (κ2) is 6.58. The Bertz CT molecular complexity index is 303. The van der Waals surface area contributed by atoms with E-state index < -0.39 is 0 Å². The molecule has 0 saturated heterocycles. The third kappa shape index (κ3) is 3.47. The van der Waals surface area contributed by atoms with Crippen molar-refractivity contribution >= 4 is 0 Å². The SMILES string of the molecule is CCCNC(COCC(C)C)C12CC3CC(CC(C3)C1)C2. The average Bonchev–Trinajstić information content (AvgIpc) is 2.40. The maximum absolute atomic E-state index is 6.08. The van der Waals surface area contributed by atoms with Crippen LogP contribution in [0.25, 0.3) is 0 Å². The third-order valence-electron chi connectivity index (χ3n) is 6.20. The Morgan fingerprint density at radius 1 is 1.00 bits per heavy atom. The van der Waals surface area contributed by atoms with Gasteiger partial charge in [0.1, 0.15) is 0 Å². The number of nitrogens with one attached hydrogen (secondary N) is 1. The summed E-state index contributed by atoms with van der Waals surface area (Å²) in [7, 11) is 0. The lowest BCUT2D eigenvalue weighted by molar-refractivity contribution is -0.0898. The molecule has 1 N–H and O–H groups in total. The molecule has 4 aliphatic carbocycles. The van der Waals surface area contributed by atoms with Crippen molar-refractivity contribution in [2.75, 3.05) is 19.8 Å². The highest BCUT2D eigenvalue weighted by atomic mass is 16.5. The fraction of sp³-hybridized carbons (Fsp3) is 1.00. The van der Waals surface area contributed by atoms with Crippen molar-refractivity contribution in [3.63, 3.8) is 0 Å². The molecule has 4 saturated carbocycles. The first-order valence-corrected chi connectivity index (χ1v) is 9.42. The zero-order valence-electron chi connectivity index (χ0n) is 14.4. The molecule has 0 spiro atoms. The molecular weight excluding hydrogens is 258 g/mol. The molecule has 1 atom stereocenters. The van der Waals surface area contributed by atoms with Crippen LogP contribution in [-0.4, -0.2) is 25.8 Å². The number of rotatable bonds is 8. The van der Waals surface area contributed by atoms with E-state index in [1.807, 2.05) is 0 Å². The summed E-state index contributed by atoms with van der Waals surface area (Å²) in [6.45, 7) is 9.77. The molecule has 1 unspecified atom stereocenters. The standard InChI is InChI=1S/C19H35NO/c1-4-5-20-18(13-21-12-14(2)3)19-9-15-6-16(10-19)8-17(7-15)11-19/h14-18,20H,4-13H2,1-3H3. The summed E-state index contributed by atoms with van der Waals surface area (Å²) in [5, 5.41) is 3.88. The Kier molecular flexibility index (Phi) is 4.95. The number of ether oxygens (including phenoxy) is 1. The molecule has 4 bridgehead atoms. The van der Waals surface area contributed by atoms with Crippen LogP contribution in [0.4, 0.5) is 0 Å². The van der Waals surface area contributed by atoms with E-state index in [9.17, 15) is 0 Å². The largest absolute Gasteiger partial charge is 0.380 e. The Morgan fingerprint density at radius 3 is 2.05 bits per heavy atom. The second-order valence-electron chi connectivity index (χ2n) is 8.72. The van der Waals surface area contributed by atoms with Crippen molar-refractivity contribution in [1.29, 1.82) is 0 Å². The molecule has 2 heteroatoms. The average molecular weight is 293 g/mol. The molecule has 0 radical (unpaired) electrons. The fourth-order valence-corrected chi connectivity index (χ4v) is 5.80. The van der Waals surface area contributed by atoms with Crippen LogP contribution in [0, 0.1) is 29.1 Å². The van der Waals surface area contributed by atoms with Crippen molar-refractivity contribution < 1.29 is 4.74 Å². The number of hydrogen-bond donors (Lipinski definition) is 1. The molecule has 4 aliphatic rings. The molecule has 0 aliphatic heterocycles. The maximum atomic E-state index is 6.08. The predicted molar refractivity (Wildman–Crippen MR) is 88.3 cm³/mol. The van der Waals surface area contributed by atoms with Crippen LogP contribution in [-0.2, 0) is 4.74 Å². The predicted octanol–water partition coefficient (Wildman–Crippen LogP) is 4.24. The third-order valence-corrected chi connectivity index (χ3v) is 6.20. The first kappa shape index (κ1) is 15.8. The molecule has 4 rings (SSSR count). The molecule has 2 nitrogen and oxygen atoms in total. The molecule has 4 fully saturated rings. The summed E-state index contributed by atoms with van der Waals surface area (Å²) in [5.74, 6) is 3.75. The smallest absolute Gasteiger partial charge is 0.0625 e. The summed E-state index contributed by atoms with van der Waals surface area (Å²) < 4.78 is 6.08. The van der Waals surface area contributed by atoms with Gasteiger partial charge in [0.2, 0.25) is 0 Å². The highest BCUT2D eigenvalue weighted by Gasteiger charge is 2.53. The Morgan fingerprint density at radius 2 is 1.57 bits per heavy atom. The van der Waals surface area contributed by atoms with Crippen molar-refractivity contribution in [2.45, 2.75) is 71.8 Å². The summed E-state index contributed by atoms with van der Waals surface area (Å²) in [6, 6.07) is 0.601. The van der Waals surface area contributed by atoms with Crippen LogP contribution < -0.4 is 5.32 Å². The topological polar surface area (TPSA) is 21.3 Å². The van der Waals surface area contributed by atoms with Crippen molar-refractivity contribution in [1.82, 2.24) is 5.32 Å². The molecule has 122 valence electrons. The van der Waals surface area contributed by atoms with Gasteiger partial charge in [0.25, 0.3) is 0 Å². The lowest BCUT2D eigenvalue weighted by Gasteiger charge is -2.59. The van der Waals surface area contributed by atoms with Crippen LogP contribution in [0.3, 0.4) is 0 Å². The van der Waals surface area contributed by atoms with Gasteiger partial charge >= 0.3 is 0 Å². The van der Waals surface area contributed by atoms with Gasteiger partial charge in [-0.2, -0.15) is 0 Å². The summed E-state index contributed by atoms with van der Waals surface area (Å²) >= 11 is 0. The van der Waals surface area contributed by atoms with Crippen LogP contribution in [0.2, 0.25) is 0 Å². The van der Waals surface area contributed by atoms with Gasteiger partial charge in [0.15, 0.2) is 0 Å². The van der Waals surface area contributed by atoms with Crippen LogP contribution in [0.15, 0.2) is 0 Å². The summed E-state index contributed by atoms with van der Waals surface area (Å²) in [4.78, 5) is 0. The monoisotopic (exact) mass is 293 g/mol. The van der Waals surface area contributed by atoms with Crippen molar-refractivity contribution in [2.24, 2.45) is 29.1 Å². The molecule has 0 amide bonds. The van der Waals surface area contributed by atoms with Crippen molar-refractivity contribution in [3.8, 4) is 0 Å². The van der Waals surface area contributed by atoms with Crippen molar-refractivity contribution in [3.05, 3.63) is 0 Å². The van der Waals surface area contributed by atoms with E-state index in [-0.39, 0.29) is 0 Å². The molecule has 21 heavy (non-hydrogen) atoms. The van der Waals surface area contributed by atoms with Gasteiger partial charge in [0, 0.05) is 12.6 Å². The van der Waals surface area contributed by atoms with Crippen LogP contribution >= 0.6 is 0 Å². The minimum atomic E-state index is 0.570. The Balaban J connectivity index is 1.66. The first-order valence-electron chi connectivity index (χ1n) is 9.42. The van der Waals surface area contributed by atoms with E-state index in [0.717, 1.165) is 37.5 Å². The highest BCUT2D eigenvalue weighted by molar-refractivity contribution is 5.06. The number of hydrogen-bond acceptors (Lipinski definition) is 2. The maximum Gasteiger partial charge on any atom is 0.0625 e. The van der Waals surface area contributed by atoms with Crippen LogP contribution in [0.5, 0.6) is 0 Å². The van der Waals surface area contributed by atoms with E-state index in [0.29, 0.717) is 17.4 Å². The van der Waals surface area contributed by atoms with Gasteiger partial charge in [-0.3, -0.25) is 0 Å². The molecule has 0 aromatic carbocycles. The lowest BCUT2D eigenvalue weighted by Crippen LogP contribution is -2.57. The fourth-order valence-electron chi connectivity index (χ4n) is 5.80. The summed E-state index contributed by atoms with van der Waals surface area (Å²) in [6.07, 6.45) is 10.3. The van der Waals surface area contributed by atoms with E-state index in [1.165, 1.54) is 44.9 Å². The molecule has 0 aromatic heterocycles. The van der Waals surface area contributed by atoms with Gasteiger partial charge in [-0.15, -0.1) is 0 Å². The van der Waals surface area contributed by atoms with Gasteiger partial charge in [-0.1, -0.05) is 20.8 Å². The normalized spacial score (nSPS) is 39.1. The van der Waals surface area contributed by atoms with Gasteiger partial charge in [-0.25, -0.2) is 0 Å². The highest BCUT2D eigenvalue weighted by Crippen LogP contribution is 2.61. The first-order chi connectivity index (χ1) is 10.1. The zero-order valence-corrected chi connectivity index (χ0v) is 14.4. The minimum Gasteiger partial charge on any atom is -0.380 e. The lowest BCUT2D eigenvalue weighted by atomic mass is 9.47. The Hall–Kier alpha value is -0.0800. The minimum absolute atomic E-state index is 0.570.